The number of aliphatic hydroxyl groups is 1. The number of aliphatic hydroxyl groups excluding tert-OH is 1. The summed E-state index contributed by atoms with van der Waals surface area (Å²) < 4.78 is 95.7. The first-order chi connectivity index (χ1) is 20.3. The van der Waals surface area contributed by atoms with E-state index in [4.69, 9.17) is 0 Å². The van der Waals surface area contributed by atoms with E-state index >= 15 is 0 Å². The van der Waals surface area contributed by atoms with Gasteiger partial charge < -0.3 is 14.9 Å². The maximum absolute atomic E-state index is 14.1. The number of halogens is 7. The van der Waals surface area contributed by atoms with Crippen LogP contribution in [0, 0.1) is 12.7 Å². The van der Waals surface area contributed by atoms with Crippen molar-refractivity contribution >= 4 is 17.4 Å². The number of carbonyl (C=O) groups excluding carboxylic acids is 1. The van der Waals surface area contributed by atoms with Gasteiger partial charge in [-0.3, -0.25) is 4.79 Å². The molecule has 4 rings (SSSR count). The molecule has 2 heterocycles. The number of rotatable bonds is 7. The van der Waals surface area contributed by atoms with Gasteiger partial charge in [-0.2, -0.15) is 26.3 Å². The Morgan fingerprint density at radius 1 is 1.00 bits per heavy atom. The molecule has 238 valence electrons. The summed E-state index contributed by atoms with van der Waals surface area (Å²) in [5, 5.41) is 9.99. The van der Waals surface area contributed by atoms with Crippen LogP contribution in [-0.4, -0.2) is 41.7 Å². The SMILES string of the molecule is Cc1cc(F)ccc1-c1cc(N2CCCC2CC(C)O)ncc1N(C)C(=O)C(C)(C)c1cc(C(F)(F)F)cc(C(F)(F)F)c1. The molecule has 2 atom stereocenters. The largest absolute Gasteiger partial charge is 0.416 e. The molecule has 12 heteroatoms. The molecule has 0 saturated carbocycles. The lowest BCUT2D eigenvalue weighted by atomic mass is 9.81. The number of anilines is 2. The molecular formula is C32H34F7N3O2. The highest BCUT2D eigenvalue weighted by Crippen LogP contribution is 2.42. The highest BCUT2D eigenvalue weighted by molar-refractivity contribution is 6.03. The van der Waals surface area contributed by atoms with Gasteiger partial charge in [0.2, 0.25) is 5.91 Å². The van der Waals surface area contributed by atoms with Gasteiger partial charge in [0.25, 0.3) is 0 Å². The lowest BCUT2D eigenvalue weighted by Crippen LogP contribution is -2.42. The third-order valence-electron chi connectivity index (χ3n) is 8.14. The average molecular weight is 626 g/mol. The Kier molecular flexibility index (Phi) is 9.08. The quantitative estimate of drug-likeness (QED) is 0.271. The van der Waals surface area contributed by atoms with E-state index in [2.05, 4.69) is 4.98 Å². The van der Waals surface area contributed by atoms with Crippen LogP contribution in [0.25, 0.3) is 11.1 Å². The van der Waals surface area contributed by atoms with Gasteiger partial charge >= 0.3 is 12.4 Å². The zero-order valence-electron chi connectivity index (χ0n) is 24.9. The molecule has 0 aliphatic carbocycles. The number of nitrogens with zero attached hydrogens (tertiary/aromatic N) is 3. The minimum atomic E-state index is -5.07. The Morgan fingerprint density at radius 3 is 2.14 bits per heavy atom. The van der Waals surface area contributed by atoms with Gasteiger partial charge in [-0.05, 0) is 100 Å². The number of aromatic nitrogens is 1. The van der Waals surface area contributed by atoms with E-state index in [9.17, 15) is 40.6 Å². The van der Waals surface area contributed by atoms with Crippen LogP contribution in [0.15, 0.2) is 48.7 Å². The monoisotopic (exact) mass is 625 g/mol. The summed E-state index contributed by atoms with van der Waals surface area (Å²) >= 11 is 0. The Bertz CT molecular complexity index is 1500. The van der Waals surface area contributed by atoms with Crippen molar-refractivity contribution in [2.24, 2.45) is 0 Å². The zero-order chi connectivity index (χ0) is 32.8. The van der Waals surface area contributed by atoms with Crippen molar-refractivity contribution < 1.29 is 40.6 Å². The van der Waals surface area contributed by atoms with Crippen LogP contribution >= 0.6 is 0 Å². The summed E-state index contributed by atoms with van der Waals surface area (Å²) in [6, 6.07) is 7.00. The number of amides is 1. The fraction of sp³-hybridized carbons (Fsp3) is 0.438. The summed E-state index contributed by atoms with van der Waals surface area (Å²) in [6.07, 6.45) is -7.05. The normalized spacial score (nSPS) is 16.8. The smallest absolute Gasteiger partial charge is 0.393 e. The van der Waals surface area contributed by atoms with E-state index < -0.39 is 52.3 Å². The third-order valence-corrected chi connectivity index (χ3v) is 8.14. The van der Waals surface area contributed by atoms with Gasteiger partial charge in [-0.15, -0.1) is 0 Å². The first kappa shape index (κ1) is 33.2. The van der Waals surface area contributed by atoms with Gasteiger partial charge in [0, 0.05) is 25.2 Å². The van der Waals surface area contributed by atoms with Crippen molar-refractivity contribution in [1.82, 2.24) is 4.98 Å². The molecule has 44 heavy (non-hydrogen) atoms. The molecule has 2 unspecified atom stereocenters. The topological polar surface area (TPSA) is 56.7 Å². The maximum Gasteiger partial charge on any atom is 0.416 e. The Labute approximate surface area is 251 Å². The van der Waals surface area contributed by atoms with Crippen LogP contribution < -0.4 is 9.80 Å². The number of pyridine rings is 1. The van der Waals surface area contributed by atoms with Crippen molar-refractivity contribution in [2.75, 3.05) is 23.4 Å². The Balaban J connectivity index is 1.82. The van der Waals surface area contributed by atoms with Crippen LogP contribution in [0.2, 0.25) is 0 Å². The van der Waals surface area contributed by atoms with E-state index in [0.717, 1.165) is 17.7 Å². The van der Waals surface area contributed by atoms with Crippen LogP contribution in [0.5, 0.6) is 0 Å². The fourth-order valence-electron chi connectivity index (χ4n) is 5.75. The highest BCUT2D eigenvalue weighted by atomic mass is 19.4. The fourth-order valence-corrected chi connectivity index (χ4v) is 5.75. The molecule has 0 radical (unpaired) electrons. The molecule has 1 aliphatic heterocycles. The van der Waals surface area contributed by atoms with Crippen LogP contribution in [-0.2, 0) is 22.6 Å². The van der Waals surface area contributed by atoms with Crippen molar-refractivity contribution in [3.05, 3.63) is 76.7 Å². The lowest BCUT2D eigenvalue weighted by Gasteiger charge is -2.33. The molecule has 0 bridgehead atoms. The summed E-state index contributed by atoms with van der Waals surface area (Å²) in [5.74, 6) is -0.703. The molecule has 2 aromatic carbocycles. The van der Waals surface area contributed by atoms with E-state index in [0.29, 0.717) is 47.6 Å². The summed E-state index contributed by atoms with van der Waals surface area (Å²) in [6.45, 7) is 6.57. The standard InChI is InChI=1S/C32H34F7N3O2/c1-18-11-23(33)8-9-25(18)26-16-28(42-10-6-7-24(42)12-19(2)43)40-17-27(26)41(5)29(44)30(3,4)20-13-21(31(34,35)36)15-22(14-20)32(37,38)39/h8-9,11,13-17,19,24,43H,6-7,10,12H2,1-5H3. The zero-order valence-corrected chi connectivity index (χ0v) is 24.9. The van der Waals surface area contributed by atoms with Gasteiger partial charge in [0.05, 0.1) is 34.5 Å². The van der Waals surface area contributed by atoms with Gasteiger partial charge in [-0.25, -0.2) is 9.37 Å². The number of hydrogen-bond donors (Lipinski definition) is 1. The average Bonchev–Trinajstić information content (AvgIpc) is 3.38. The van der Waals surface area contributed by atoms with Crippen LogP contribution in [0.3, 0.4) is 0 Å². The summed E-state index contributed by atoms with van der Waals surface area (Å²) in [7, 11) is 1.37. The second-order valence-electron chi connectivity index (χ2n) is 11.9. The number of likely N-dealkylation sites (N-methyl/N-ethyl adjacent to an activating group) is 1. The molecular weight excluding hydrogens is 591 g/mol. The second-order valence-corrected chi connectivity index (χ2v) is 11.9. The van der Waals surface area contributed by atoms with E-state index in [-0.39, 0.29) is 17.8 Å². The Hall–Kier alpha value is -3.67. The molecule has 1 amide bonds. The molecule has 0 spiro atoms. The molecule has 1 N–H and O–H groups in total. The molecule has 1 aliphatic rings. The first-order valence-electron chi connectivity index (χ1n) is 14.1. The van der Waals surface area contributed by atoms with Gasteiger partial charge in [-0.1, -0.05) is 6.07 Å². The summed E-state index contributed by atoms with van der Waals surface area (Å²) in [5.41, 5.74) is -3.52. The second kappa shape index (κ2) is 12.0. The highest BCUT2D eigenvalue weighted by Gasteiger charge is 2.41. The lowest BCUT2D eigenvalue weighted by molar-refractivity contribution is -0.143. The molecule has 1 saturated heterocycles. The van der Waals surface area contributed by atoms with Crippen molar-refractivity contribution in [3.8, 4) is 11.1 Å². The van der Waals surface area contributed by atoms with Crippen molar-refractivity contribution in [2.45, 2.75) is 76.9 Å². The molecule has 1 fully saturated rings. The minimum Gasteiger partial charge on any atom is -0.393 e. The number of benzene rings is 2. The first-order valence-corrected chi connectivity index (χ1v) is 14.1. The third kappa shape index (κ3) is 6.85. The predicted octanol–water partition coefficient (Wildman–Crippen LogP) is 7.91. The summed E-state index contributed by atoms with van der Waals surface area (Å²) in [4.78, 5) is 21.7. The van der Waals surface area contributed by atoms with Crippen LogP contribution in [0.4, 0.5) is 42.2 Å². The van der Waals surface area contributed by atoms with E-state index in [1.54, 1.807) is 19.9 Å². The van der Waals surface area contributed by atoms with E-state index in [1.807, 2.05) is 4.90 Å². The number of carbonyl (C=O) groups is 1. The number of aryl methyl sites for hydroxylation is 1. The number of alkyl halides is 6. The van der Waals surface area contributed by atoms with Gasteiger partial charge in [0.1, 0.15) is 11.6 Å². The molecule has 3 aromatic rings. The maximum atomic E-state index is 14.1. The minimum absolute atomic E-state index is 0.0116. The van der Waals surface area contributed by atoms with E-state index in [1.165, 1.54) is 45.3 Å². The molecule has 1 aromatic heterocycles. The van der Waals surface area contributed by atoms with Crippen molar-refractivity contribution in [1.29, 1.82) is 0 Å². The predicted molar refractivity (Wildman–Crippen MR) is 154 cm³/mol. The van der Waals surface area contributed by atoms with Gasteiger partial charge in [0.15, 0.2) is 0 Å². The Morgan fingerprint density at radius 2 is 1.59 bits per heavy atom. The number of hydrogen-bond acceptors (Lipinski definition) is 4. The molecule has 5 nitrogen and oxygen atoms in total. The van der Waals surface area contributed by atoms with Crippen molar-refractivity contribution in [3.63, 3.8) is 0 Å². The van der Waals surface area contributed by atoms with Crippen LogP contribution in [0.1, 0.15) is 62.3 Å².